The lowest BCUT2D eigenvalue weighted by atomic mass is 9.62. The fourth-order valence-corrected chi connectivity index (χ4v) is 8.11. The van der Waals surface area contributed by atoms with E-state index in [0.29, 0.717) is 11.8 Å². The molecule has 0 nitrogen and oxygen atoms in total. The predicted octanol–water partition coefficient (Wildman–Crippen LogP) is 10.2. The van der Waals surface area contributed by atoms with Gasteiger partial charge in [-0.25, -0.2) is 0 Å². The smallest absolute Gasteiger partial charge is 0.0329 e. The van der Waals surface area contributed by atoms with E-state index in [9.17, 15) is 0 Å². The van der Waals surface area contributed by atoms with Crippen LogP contribution < -0.4 is 0 Å². The third kappa shape index (κ3) is 3.00. The van der Waals surface area contributed by atoms with Gasteiger partial charge < -0.3 is 0 Å². The van der Waals surface area contributed by atoms with Crippen LogP contribution in [-0.2, 0) is 0 Å². The summed E-state index contributed by atoms with van der Waals surface area (Å²) < 4.78 is 2.45. The Morgan fingerprint density at radius 2 is 1.03 bits per heavy atom. The quantitative estimate of drug-likeness (QED) is 0.230. The Balaban J connectivity index is 1.55. The molecule has 0 radical (unpaired) electrons. The minimum absolute atomic E-state index is 0.0153. The van der Waals surface area contributed by atoms with Crippen molar-refractivity contribution in [3.05, 3.63) is 103 Å². The highest BCUT2D eigenvalue weighted by molar-refractivity contribution is 9.11. The molecule has 0 N–H and O–H groups in total. The summed E-state index contributed by atoms with van der Waals surface area (Å²) in [5.74, 6) is 0.718. The molecule has 4 aromatic carbocycles. The molecule has 0 saturated heterocycles. The Labute approximate surface area is 212 Å². The van der Waals surface area contributed by atoms with Gasteiger partial charge in [-0.3, -0.25) is 0 Å². The minimum Gasteiger partial charge on any atom is -0.0646 e. The SMILES string of the molecule is CC1=Cc2c(cc3ccccc3c2Br)C1C(C)(C)C1C(C)=Cc2c1cc1ccccc1c2Br. The Morgan fingerprint density at radius 1 is 0.636 bits per heavy atom. The molecule has 0 aromatic heterocycles. The Morgan fingerprint density at radius 3 is 1.45 bits per heavy atom. The Kier molecular flexibility index (Phi) is 4.81. The van der Waals surface area contributed by atoms with Crippen LogP contribution in [0.25, 0.3) is 33.7 Å². The van der Waals surface area contributed by atoms with Gasteiger partial charge in [-0.2, -0.15) is 0 Å². The molecule has 0 spiro atoms. The van der Waals surface area contributed by atoms with Crippen molar-refractivity contribution in [2.75, 3.05) is 0 Å². The molecule has 2 heteroatoms. The molecule has 4 aromatic rings. The number of fused-ring (bicyclic) bond motifs is 4. The molecular formula is C31H26Br2. The van der Waals surface area contributed by atoms with Crippen LogP contribution in [-0.4, -0.2) is 0 Å². The molecule has 2 aliphatic carbocycles. The van der Waals surface area contributed by atoms with Gasteiger partial charge in [0.15, 0.2) is 0 Å². The average molecular weight is 558 g/mol. The third-order valence-corrected chi connectivity index (χ3v) is 9.58. The Hall–Kier alpha value is -2.16. The van der Waals surface area contributed by atoms with E-state index < -0.39 is 0 Å². The molecule has 0 fully saturated rings. The first-order valence-corrected chi connectivity index (χ1v) is 13.2. The fraction of sp³-hybridized carbons (Fsp3) is 0.226. The zero-order valence-electron chi connectivity index (χ0n) is 19.3. The first-order valence-electron chi connectivity index (χ1n) is 11.6. The first-order chi connectivity index (χ1) is 15.8. The molecule has 0 heterocycles. The fourth-order valence-electron chi connectivity index (χ4n) is 6.71. The van der Waals surface area contributed by atoms with Crippen molar-refractivity contribution < 1.29 is 0 Å². The highest BCUT2D eigenvalue weighted by atomic mass is 79.9. The van der Waals surface area contributed by atoms with Crippen molar-refractivity contribution in [2.24, 2.45) is 5.41 Å². The summed E-state index contributed by atoms with van der Waals surface area (Å²) in [7, 11) is 0. The normalized spacial score (nSPS) is 19.6. The molecule has 0 bridgehead atoms. The van der Waals surface area contributed by atoms with Crippen molar-refractivity contribution >= 4 is 65.6 Å². The van der Waals surface area contributed by atoms with E-state index in [1.165, 1.54) is 63.9 Å². The van der Waals surface area contributed by atoms with Crippen molar-refractivity contribution in [3.63, 3.8) is 0 Å². The number of hydrogen-bond donors (Lipinski definition) is 0. The second kappa shape index (κ2) is 7.42. The van der Waals surface area contributed by atoms with Crippen molar-refractivity contribution in [3.8, 4) is 0 Å². The molecule has 0 amide bonds. The highest BCUT2D eigenvalue weighted by Crippen LogP contribution is 2.60. The summed E-state index contributed by atoms with van der Waals surface area (Å²) in [6, 6.07) is 22.3. The zero-order chi connectivity index (χ0) is 23.1. The molecule has 0 saturated carbocycles. The van der Waals surface area contributed by atoms with Crippen LogP contribution >= 0.6 is 31.9 Å². The van der Waals surface area contributed by atoms with Crippen LogP contribution in [0.3, 0.4) is 0 Å². The molecular weight excluding hydrogens is 532 g/mol. The lowest BCUT2D eigenvalue weighted by Crippen LogP contribution is -2.29. The first kappa shape index (κ1) is 21.4. The number of halogens is 2. The molecule has 164 valence electrons. The molecule has 2 atom stereocenters. The van der Waals surface area contributed by atoms with Crippen LogP contribution in [0.15, 0.2) is 80.8 Å². The largest absolute Gasteiger partial charge is 0.0646 e. The van der Waals surface area contributed by atoms with Gasteiger partial charge in [-0.1, -0.05) is 85.7 Å². The van der Waals surface area contributed by atoms with Crippen LogP contribution in [0.1, 0.15) is 61.8 Å². The van der Waals surface area contributed by atoms with Gasteiger partial charge in [-0.05, 0) is 107 Å². The number of benzene rings is 4. The third-order valence-electron chi connectivity index (χ3n) is 7.88. The molecule has 6 rings (SSSR count). The molecule has 33 heavy (non-hydrogen) atoms. The minimum atomic E-state index is 0.0153. The Bertz CT molecular complexity index is 1420. The van der Waals surface area contributed by atoms with E-state index in [2.05, 4.69) is 132 Å². The van der Waals surface area contributed by atoms with Gasteiger partial charge in [0.2, 0.25) is 0 Å². The van der Waals surface area contributed by atoms with Crippen molar-refractivity contribution in [1.29, 1.82) is 0 Å². The van der Waals surface area contributed by atoms with Crippen LogP contribution in [0.2, 0.25) is 0 Å². The van der Waals surface area contributed by atoms with Gasteiger partial charge in [0.25, 0.3) is 0 Å². The number of hydrogen-bond acceptors (Lipinski definition) is 0. The predicted molar refractivity (Wildman–Crippen MR) is 150 cm³/mol. The summed E-state index contributed by atoms with van der Waals surface area (Å²) in [6.07, 6.45) is 4.81. The van der Waals surface area contributed by atoms with Crippen LogP contribution in [0.4, 0.5) is 0 Å². The molecule has 0 aliphatic heterocycles. The van der Waals surface area contributed by atoms with E-state index in [4.69, 9.17) is 0 Å². The van der Waals surface area contributed by atoms with E-state index in [0.717, 1.165) is 0 Å². The maximum atomic E-state index is 3.95. The summed E-state index contributed by atoms with van der Waals surface area (Å²) in [5.41, 5.74) is 8.52. The molecule has 2 unspecified atom stereocenters. The van der Waals surface area contributed by atoms with Crippen LogP contribution in [0.5, 0.6) is 0 Å². The van der Waals surface area contributed by atoms with E-state index >= 15 is 0 Å². The number of rotatable bonds is 2. The lowest BCUT2D eigenvalue weighted by Gasteiger charge is -2.41. The second-order valence-electron chi connectivity index (χ2n) is 10.3. The average Bonchev–Trinajstić information content (AvgIpc) is 3.31. The van der Waals surface area contributed by atoms with Crippen molar-refractivity contribution in [1.82, 2.24) is 0 Å². The molecule has 2 aliphatic rings. The zero-order valence-corrected chi connectivity index (χ0v) is 22.5. The maximum absolute atomic E-state index is 3.95. The highest BCUT2D eigenvalue weighted by Gasteiger charge is 2.46. The monoisotopic (exact) mass is 556 g/mol. The summed E-state index contributed by atoms with van der Waals surface area (Å²) in [6.45, 7) is 9.56. The second-order valence-corrected chi connectivity index (χ2v) is 11.9. The summed E-state index contributed by atoms with van der Waals surface area (Å²) >= 11 is 7.90. The van der Waals surface area contributed by atoms with E-state index in [1.54, 1.807) is 0 Å². The summed E-state index contributed by atoms with van der Waals surface area (Å²) in [5, 5.41) is 5.19. The lowest BCUT2D eigenvalue weighted by molar-refractivity contribution is 0.275. The number of allylic oxidation sites excluding steroid dienone is 2. The van der Waals surface area contributed by atoms with Crippen molar-refractivity contribution in [2.45, 2.75) is 39.5 Å². The van der Waals surface area contributed by atoms with Gasteiger partial charge in [0.05, 0.1) is 0 Å². The standard InChI is InChI=1S/C31H26Br2/c1-17-13-25-23(15-19-9-5-7-11-21(19)29(25)32)27(17)31(3,4)28-18(2)14-26-24(28)16-20-10-6-8-12-22(20)30(26)33/h5-16,27-28H,1-4H3. The van der Waals surface area contributed by atoms with Gasteiger partial charge in [-0.15, -0.1) is 0 Å². The maximum Gasteiger partial charge on any atom is 0.0329 e. The van der Waals surface area contributed by atoms with Crippen LogP contribution in [0, 0.1) is 5.41 Å². The van der Waals surface area contributed by atoms with E-state index in [1.807, 2.05) is 0 Å². The topological polar surface area (TPSA) is 0 Å². The van der Waals surface area contributed by atoms with E-state index in [-0.39, 0.29) is 5.41 Å². The van der Waals surface area contributed by atoms with Gasteiger partial charge >= 0.3 is 0 Å². The van der Waals surface area contributed by atoms with Gasteiger partial charge in [0, 0.05) is 20.8 Å². The summed E-state index contributed by atoms with van der Waals surface area (Å²) in [4.78, 5) is 0. The van der Waals surface area contributed by atoms with Gasteiger partial charge in [0.1, 0.15) is 0 Å².